The summed E-state index contributed by atoms with van der Waals surface area (Å²) in [6.45, 7) is 4.02. The Labute approximate surface area is 170 Å². The van der Waals surface area contributed by atoms with E-state index in [0.717, 1.165) is 41.2 Å². The number of rotatable bonds is 7. The fourth-order valence-corrected chi connectivity index (χ4v) is 3.00. The van der Waals surface area contributed by atoms with E-state index in [1.165, 1.54) is 5.01 Å². The van der Waals surface area contributed by atoms with Crippen molar-refractivity contribution in [3.8, 4) is 17.3 Å². The van der Waals surface area contributed by atoms with Gasteiger partial charge >= 0.3 is 0 Å². The van der Waals surface area contributed by atoms with E-state index in [-0.39, 0.29) is 0 Å². The molecule has 0 saturated carbocycles. The van der Waals surface area contributed by atoms with Crippen molar-refractivity contribution in [1.29, 1.82) is 5.26 Å². The van der Waals surface area contributed by atoms with Gasteiger partial charge in [0.25, 0.3) is 0 Å². The van der Waals surface area contributed by atoms with Gasteiger partial charge in [0, 0.05) is 36.3 Å². The van der Waals surface area contributed by atoms with Crippen molar-refractivity contribution in [2.75, 3.05) is 5.01 Å². The molecule has 3 heterocycles. The van der Waals surface area contributed by atoms with Gasteiger partial charge in [0.15, 0.2) is 5.82 Å². The highest BCUT2D eigenvalue weighted by Gasteiger charge is 2.17. The summed E-state index contributed by atoms with van der Waals surface area (Å²) in [4.78, 5) is 17.9. The minimum Gasteiger partial charge on any atom is -0.265 e. The Morgan fingerprint density at radius 3 is 2.69 bits per heavy atom. The molecule has 0 fully saturated rings. The van der Waals surface area contributed by atoms with Gasteiger partial charge in [0.1, 0.15) is 6.07 Å². The second-order valence-electron chi connectivity index (χ2n) is 6.45. The van der Waals surface area contributed by atoms with Crippen LogP contribution in [0, 0.1) is 11.3 Å². The lowest BCUT2D eigenvalue weighted by atomic mass is 10.1. The van der Waals surface area contributed by atoms with E-state index >= 15 is 0 Å². The molecule has 7 nitrogen and oxygen atoms in total. The van der Waals surface area contributed by atoms with Crippen LogP contribution in [0.1, 0.15) is 37.2 Å². The number of aryl methyl sites for hydroxylation is 1. The first-order chi connectivity index (χ1) is 14.2. The maximum Gasteiger partial charge on any atom is 0.165 e. The van der Waals surface area contributed by atoms with Crippen LogP contribution in [-0.2, 0) is 12.8 Å². The second-order valence-corrected chi connectivity index (χ2v) is 6.45. The van der Waals surface area contributed by atoms with E-state index in [1.807, 2.05) is 25.1 Å². The molecule has 29 heavy (non-hydrogen) atoms. The zero-order valence-corrected chi connectivity index (χ0v) is 16.6. The lowest BCUT2D eigenvalue weighted by Crippen LogP contribution is -2.33. The van der Waals surface area contributed by atoms with Crippen LogP contribution in [0.2, 0.25) is 0 Å². The van der Waals surface area contributed by atoms with Crippen molar-refractivity contribution >= 4 is 5.82 Å². The Bertz CT molecular complexity index is 1040. The van der Waals surface area contributed by atoms with Gasteiger partial charge in [0.05, 0.1) is 28.8 Å². The molecule has 3 aromatic rings. The number of allylic oxidation sites excluding steroid dienone is 2. The highest BCUT2D eigenvalue weighted by Crippen LogP contribution is 2.22. The number of hydrazine groups is 1. The SMILES string of the molecule is C/C=C(/Cc1ncc(-c2cccnc2)nc1CCC)N(N)c1ncccc1C#N. The quantitative estimate of drug-likeness (QED) is 0.489. The van der Waals surface area contributed by atoms with E-state index in [1.54, 1.807) is 36.9 Å². The van der Waals surface area contributed by atoms with Crippen molar-refractivity contribution in [2.45, 2.75) is 33.1 Å². The number of nitrogens with two attached hydrogens (primary N) is 1. The number of hydrogen-bond acceptors (Lipinski definition) is 7. The minimum atomic E-state index is 0.417. The summed E-state index contributed by atoms with van der Waals surface area (Å²) in [5, 5.41) is 10.8. The summed E-state index contributed by atoms with van der Waals surface area (Å²) in [5.74, 6) is 6.73. The molecule has 0 unspecified atom stereocenters. The Hall–Kier alpha value is -3.63. The molecule has 0 atom stereocenters. The lowest BCUT2D eigenvalue weighted by Gasteiger charge is -2.22. The number of hydrogen-bond donors (Lipinski definition) is 1. The Morgan fingerprint density at radius 2 is 2.00 bits per heavy atom. The van der Waals surface area contributed by atoms with Gasteiger partial charge in [-0.25, -0.2) is 15.8 Å². The van der Waals surface area contributed by atoms with Crippen LogP contribution in [-0.4, -0.2) is 19.9 Å². The van der Waals surface area contributed by atoms with Crippen molar-refractivity contribution in [2.24, 2.45) is 5.84 Å². The number of nitriles is 1. The first-order valence-corrected chi connectivity index (χ1v) is 9.48. The molecule has 3 aromatic heterocycles. The van der Waals surface area contributed by atoms with Crippen LogP contribution in [0.3, 0.4) is 0 Å². The molecule has 0 aliphatic rings. The molecule has 7 heteroatoms. The number of pyridine rings is 2. The third-order valence-corrected chi connectivity index (χ3v) is 4.50. The third kappa shape index (κ3) is 4.62. The predicted octanol–water partition coefficient (Wildman–Crippen LogP) is 3.58. The average molecular weight is 385 g/mol. The van der Waals surface area contributed by atoms with Crippen LogP contribution >= 0.6 is 0 Å². The fourth-order valence-electron chi connectivity index (χ4n) is 3.00. The van der Waals surface area contributed by atoms with E-state index in [0.29, 0.717) is 17.8 Å². The predicted molar refractivity (Wildman–Crippen MR) is 112 cm³/mol. The smallest absolute Gasteiger partial charge is 0.165 e. The Morgan fingerprint density at radius 1 is 1.17 bits per heavy atom. The number of nitrogens with zero attached hydrogens (tertiary/aromatic N) is 6. The van der Waals surface area contributed by atoms with Gasteiger partial charge in [-0.05, 0) is 37.6 Å². The van der Waals surface area contributed by atoms with Crippen molar-refractivity contribution in [1.82, 2.24) is 19.9 Å². The van der Waals surface area contributed by atoms with E-state index < -0.39 is 0 Å². The molecule has 0 spiro atoms. The summed E-state index contributed by atoms with van der Waals surface area (Å²) < 4.78 is 0. The topological polar surface area (TPSA) is 105 Å². The zero-order chi connectivity index (χ0) is 20.6. The monoisotopic (exact) mass is 385 g/mol. The van der Waals surface area contributed by atoms with E-state index in [9.17, 15) is 5.26 Å². The molecule has 0 amide bonds. The van der Waals surface area contributed by atoms with Gasteiger partial charge in [-0.1, -0.05) is 19.4 Å². The molecule has 0 bridgehead atoms. The summed E-state index contributed by atoms with van der Waals surface area (Å²) >= 11 is 0. The Kier molecular flexibility index (Phi) is 6.61. The van der Waals surface area contributed by atoms with Crippen LogP contribution in [0.25, 0.3) is 11.3 Å². The highest BCUT2D eigenvalue weighted by molar-refractivity contribution is 5.58. The molecule has 3 rings (SSSR count). The van der Waals surface area contributed by atoms with Gasteiger partial charge in [0.2, 0.25) is 0 Å². The molecule has 0 aromatic carbocycles. The normalized spacial score (nSPS) is 11.2. The zero-order valence-electron chi connectivity index (χ0n) is 16.6. The van der Waals surface area contributed by atoms with Gasteiger partial charge in [-0.15, -0.1) is 0 Å². The van der Waals surface area contributed by atoms with Gasteiger partial charge in [-0.3, -0.25) is 15.0 Å². The molecular weight excluding hydrogens is 362 g/mol. The van der Waals surface area contributed by atoms with Crippen LogP contribution in [0.15, 0.2) is 60.8 Å². The fraction of sp³-hybridized carbons (Fsp3) is 0.227. The van der Waals surface area contributed by atoms with Crippen LogP contribution in [0.4, 0.5) is 5.82 Å². The highest BCUT2D eigenvalue weighted by atomic mass is 15.4. The summed E-state index contributed by atoms with van der Waals surface area (Å²) in [7, 11) is 0. The number of anilines is 1. The van der Waals surface area contributed by atoms with Crippen molar-refractivity contribution in [3.63, 3.8) is 0 Å². The molecule has 146 valence electrons. The van der Waals surface area contributed by atoms with E-state index in [4.69, 9.17) is 10.8 Å². The standard InChI is InChI=1S/C22H23N7/c1-3-7-19-20(27-15-21(28-19)17-9-5-10-25-14-17)12-18(4-2)29(24)22-16(13-23)8-6-11-26-22/h4-6,8-11,14-15H,3,7,12,24H2,1-2H3/b18-4-. The largest absolute Gasteiger partial charge is 0.265 e. The first-order valence-electron chi connectivity index (χ1n) is 9.48. The maximum atomic E-state index is 9.35. The third-order valence-electron chi connectivity index (χ3n) is 4.50. The first kappa shape index (κ1) is 20.1. The Balaban J connectivity index is 1.92. The maximum absolute atomic E-state index is 9.35. The van der Waals surface area contributed by atoms with Crippen molar-refractivity contribution in [3.05, 3.63) is 77.8 Å². The molecular formula is C22H23N7. The average Bonchev–Trinajstić information content (AvgIpc) is 2.78. The van der Waals surface area contributed by atoms with E-state index in [2.05, 4.69) is 27.9 Å². The molecule has 0 aliphatic heterocycles. The number of aromatic nitrogens is 4. The van der Waals surface area contributed by atoms with Crippen LogP contribution in [0.5, 0.6) is 0 Å². The lowest BCUT2D eigenvalue weighted by molar-refractivity contribution is 0.818. The molecule has 2 N–H and O–H groups in total. The van der Waals surface area contributed by atoms with Gasteiger partial charge < -0.3 is 0 Å². The summed E-state index contributed by atoms with van der Waals surface area (Å²) in [5.41, 5.74) is 4.74. The summed E-state index contributed by atoms with van der Waals surface area (Å²) in [6, 6.07) is 9.39. The van der Waals surface area contributed by atoms with Crippen molar-refractivity contribution < 1.29 is 0 Å². The summed E-state index contributed by atoms with van der Waals surface area (Å²) in [6.07, 6.45) is 11.1. The molecule has 0 saturated heterocycles. The molecule has 0 aliphatic carbocycles. The van der Waals surface area contributed by atoms with Gasteiger partial charge in [-0.2, -0.15) is 5.26 Å². The molecule has 0 radical (unpaired) electrons. The minimum absolute atomic E-state index is 0.417. The van der Waals surface area contributed by atoms with Crippen LogP contribution < -0.4 is 10.9 Å². The second kappa shape index (κ2) is 9.53.